The lowest BCUT2D eigenvalue weighted by Crippen LogP contribution is -2.23. The molecule has 0 saturated heterocycles. The Bertz CT molecular complexity index is 699. The van der Waals surface area contributed by atoms with Gasteiger partial charge in [0.15, 0.2) is 0 Å². The number of rotatable bonds is 6. The number of hydrogen-bond acceptors (Lipinski definition) is 2. The van der Waals surface area contributed by atoms with Crippen molar-refractivity contribution >= 4 is 0 Å². The zero-order chi connectivity index (χ0) is 16.5. The van der Waals surface area contributed by atoms with Gasteiger partial charge in [-0.3, -0.25) is 0 Å². The van der Waals surface area contributed by atoms with E-state index >= 15 is 0 Å². The molecule has 0 aliphatic carbocycles. The Morgan fingerprint density at radius 2 is 1.54 bits per heavy atom. The van der Waals surface area contributed by atoms with Crippen LogP contribution in [0, 0.1) is 0 Å². The van der Waals surface area contributed by atoms with Gasteiger partial charge >= 0.3 is 0 Å². The predicted molar refractivity (Wildman–Crippen MR) is 100 cm³/mol. The minimum Gasteiger partial charge on any atom is -0.492 e. The molecule has 0 fully saturated rings. The Hall–Kier alpha value is -2.74. The average molecular weight is 317 g/mol. The van der Waals surface area contributed by atoms with E-state index in [9.17, 15) is 0 Å². The van der Waals surface area contributed by atoms with Crippen molar-refractivity contribution in [3.8, 4) is 5.75 Å². The lowest BCUT2D eigenvalue weighted by atomic mass is 10.1. The average Bonchev–Trinajstić information content (AvgIpc) is 2.59. The molecule has 2 aromatic rings. The van der Waals surface area contributed by atoms with Crippen LogP contribution in [0.5, 0.6) is 5.75 Å². The summed E-state index contributed by atoms with van der Waals surface area (Å²) in [5.74, 6) is 0.929. The minimum atomic E-state index is 0.680. The van der Waals surface area contributed by atoms with Gasteiger partial charge in [0, 0.05) is 6.54 Å². The van der Waals surface area contributed by atoms with Gasteiger partial charge in [-0.2, -0.15) is 0 Å². The van der Waals surface area contributed by atoms with Gasteiger partial charge < -0.3 is 9.64 Å². The number of ether oxygens (including phenoxy) is 1. The van der Waals surface area contributed by atoms with Crippen molar-refractivity contribution in [1.29, 1.82) is 0 Å². The molecule has 0 unspecified atom stereocenters. The normalized spacial score (nSPS) is 13.6. The first kappa shape index (κ1) is 16.1. The zero-order valence-electron chi connectivity index (χ0n) is 13.8. The topological polar surface area (TPSA) is 12.5 Å². The first-order chi connectivity index (χ1) is 11.9. The third-order valence-electron chi connectivity index (χ3n) is 3.93. The molecule has 2 nitrogen and oxygen atoms in total. The largest absolute Gasteiger partial charge is 0.492 e. The van der Waals surface area contributed by atoms with Gasteiger partial charge in [-0.25, -0.2) is 0 Å². The van der Waals surface area contributed by atoms with Crippen molar-refractivity contribution in [1.82, 2.24) is 4.90 Å². The van der Waals surface area contributed by atoms with Crippen molar-refractivity contribution in [3.63, 3.8) is 0 Å². The SMILES string of the molecule is C1=CC=CN(CCOc2ccc(Cc3ccccc3)cc2)CC=C1. The molecule has 3 rings (SSSR count). The smallest absolute Gasteiger partial charge is 0.119 e. The summed E-state index contributed by atoms with van der Waals surface area (Å²) in [6, 6.07) is 18.9. The van der Waals surface area contributed by atoms with E-state index < -0.39 is 0 Å². The fraction of sp³-hybridized carbons (Fsp3) is 0.182. The molecule has 2 aromatic carbocycles. The summed E-state index contributed by atoms with van der Waals surface area (Å²) in [5, 5.41) is 0. The Balaban J connectivity index is 1.47. The van der Waals surface area contributed by atoms with E-state index in [2.05, 4.69) is 77.9 Å². The Morgan fingerprint density at radius 3 is 2.38 bits per heavy atom. The molecule has 0 saturated carbocycles. The highest BCUT2D eigenvalue weighted by atomic mass is 16.5. The van der Waals surface area contributed by atoms with E-state index in [0.717, 1.165) is 25.3 Å². The van der Waals surface area contributed by atoms with Crippen LogP contribution in [0.4, 0.5) is 0 Å². The van der Waals surface area contributed by atoms with Crippen LogP contribution in [-0.4, -0.2) is 24.6 Å². The van der Waals surface area contributed by atoms with Crippen molar-refractivity contribution in [2.75, 3.05) is 19.7 Å². The molecule has 0 amide bonds. The van der Waals surface area contributed by atoms with E-state index in [1.807, 2.05) is 18.2 Å². The predicted octanol–water partition coefficient (Wildman–Crippen LogP) is 4.60. The van der Waals surface area contributed by atoms with Crippen LogP contribution in [0.1, 0.15) is 11.1 Å². The Kier molecular flexibility index (Phi) is 5.90. The van der Waals surface area contributed by atoms with Crippen LogP contribution in [0.25, 0.3) is 0 Å². The molecule has 24 heavy (non-hydrogen) atoms. The van der Waals surface area contributed by atoms with Crippen LogP contribution >= 0.6 is 0 Å². The second kappa shape index (κ2) is 8.78. The summed E-state index contributed by atoms with van der Waals surface area (Å²) < 4.78 is 5.87. The second-order valence-corrected chi connectivity index (χ2v) is 5.80. The van der Waals surface area contributed by atoms with Crippen LogP contribution in [0.15, 0.2) is 91.2 Å². The summed E-state index contributed by atoms with van der Waals surface area (Å²) in [5.41, 5.74) is 2.63. The maximum absolute atomic E-state index is 5.87. The van der Waals surface area contributed by atoms with Crippen molar-refractivity contribution in [3.05, 3.63) is 102 Å². The molecule has 1 heterocycles. The monoisotopic (exact) mass is 317 g/mol. The van der Waals surface area contributed by atoms with Crippen molar-refractivity contribution < 1.29 is 4.74 Å². The van der Waals surface area contributed by atoms with Crippen LogP contribution in [0.3, 0.4) is 0 Å². The molecular weight excluding hydrogens is 294 g/mol. The molecule has 2 heteroatoms. The Morgan fingerprint density at radius 1 is 0.792 bits per heavy atom. The highest BCUT2D eigenvalue weighted by molar-refractivity contribution is 5.31. The maximum atomic E-state index is 5.87. The van der Waals surface area contributed by atoms with Gasteiger partial charge in [0.05, 0.1) is 6.54 Å². The van der Waals surface area contributed by atoms with E-state index in [1.165, 1.54) is 11.1 Å². The summed E-state index contributed by atoms with van der Waals surface area (Å²) in [6.45, 7) is 2.47. The van der Waals surface area contributed by atoms with Gasteiger partial charge in [0.1, 0.15) is 12.4 Å². The lowest BCUT2D eigenvalue weighted by molar-refractivity contribution is 0.264. The fourth-order valence-electron chi connectivity index (χ4n) is 2.62. The summed E-state index contributed by atoms with van der Waals surface area (Å²) in [6.07, 6.45) is 13.4. The number of benzene rings is 2. The number of nitrogens with zero attached hydrogens (tertiary/aromatic N) is 1. The molecule has 0 bridgehead atoms. The highest BCUT2D eigenvalue weighted by Gasteiger charge is 2.00. The third-order valence-corrected chi connectivity index (χ3v) is 3.93. The van der Waals surface area contributed by atoms with Gasteiger partial charge in [0.2, 0.25) is 0 Å². The van der Waals surface area contributed by atoms with E-state index in [1.54, 1.807) is 0 Å². The molecule has 0 N–H and O–H groups in total. The van der Waals surface area contributed by atoms with E-state index in [4.69, 9.17) is 4.74 Å². The highest BCUT2D eigenvalue weighted by Crippen LogP contribution is 2.15. The fourth-order valence-corrected chi connectivity index (χ4v) is 2.62. The van der Waals surface area contributed by atoms with Crippen LogP contribution < -0.4 is 4.74 Å². The van der Waals surface area contributed by atoms with E-state index in [0.29, 0.717) is 6.61 Å². The first-order valence-corrected chi connectivity index (χ1v) is 8.40. The molecule has 1 aliphatic rings. The van der Waals surface area contributed by atoms with Gasteiger partial charge in [-0.1, -0.05) is 66.8 Å². The van der Waals surface area contributed by atoms with Crippen molar-refractivity contribution in [2.24, 2.45) is 0 Å². The molecule has 0 radical (unpaired) electrons. The van der Waals surface area contributed by atoms with Gasteiger partial charge in [-0.05, 0) is 42.0 Å². The molecule has 0 spiro atoms. The number of hydrogen-bond donors (Lipinski definition) is 0. The maximum Gasteiger partial charge on any atom is 0.119 e. The van der Waals surface area contributed by atoms with E-state index in [-0.39, 0.29) is 0 Å². The molecule has 1 aliphatic heterocycles. The molecule has 0 aromatic heterocycles. The van der Waals surface area contributed by atoms with Gasteiger partial charge in [0.25, 0.3) is 0 Å². The zero-order valence-corrected chi connectivity index (χ0v) is 13.8. The summed E-state index contributed by atoms with van der Waals surface area (Å²) in [7, 11) is 0. The van der Waals surface area contributed by atoms with Crippen molar-refractivity contribution in [2.45, 2.75) is 6.42 Å². The minimum absolute atomic E-state index is 0.680. The van der Waals surface area contributed by atoms with Crippen LogP contribution in [0.2, 0.25) is 0 Å². The Labute approximate surface area is 144 Å². The number of allylic oxidation sites excluding steroid dienone is 4. The molecular formula is C22H23NO. The molecule has 122 valence electrons. The second-order valence-electron chi connectivity index (χ2n) is 5.80. The summed E-state index contributed by atoms with van der Waals surface area (Å²) >= 11 is 0. The first-order valence-electron chi connectivity index (χ1n) is 8.40. The standard InChI is InChI=1S/C22H23NO/c1-2-7-15-23(16-8-3-1)17-18-24-22-13-11-21(12-14-22)19-20-9-5-4-6-10-20/h1-15H,16-19H2. The van der Waals surface area contributed by atoms with Crippen LogP contribution in [-0.2, 0) is 6.42 Å². The third kappa shape index (κ3) is 5.17. The quantitative estimate of drug-likeness (QED) is 0.772. The van der Waals surface area contributed by atoms with Gasteiger partial charge in [-0.15, -0.1) is 0 Å². The lowest BCUT2D eigenvalue weighted by Gasteiger charge is -2.19. The molecule has 0 atom stereocenters. The summed E-state index contributed by atoms with van der Waals surface area (Å²) in [4.78, 5) is 2.24.